The fraction of sp³-hybridized carbons (Fsp3) is 0.250. The van der Waals surface area contributed by atoms with Crippen molar-refractivity contribution in [3.05, 3.63) is 65.2 Å². The Morgan fingerprint density at radius 3 is 2.40 bits per heavy atom. The number of ether oxygens (including phenoxy) is 1. The molecule has 0 amide bonds. The molecule has 2 aromatic carbocycles. The maximum atomic E-state index is 12.0. The molecule has 0 spiro atoms. The second kappa shape index (κ2) is 6.48. The van der Waals surface area contributed by atoms with Gasteiger partial charge >= 0.3 is 6.61 Å². The summed E-state index contributed by atoms with van der Waals surface area (Å²) >= 11 is 0. The highest BCUT2D eigenvalue weighted by Gasteiger charge is 2.10. The van der Waals surface area contributed by atoms with Crippen molar-refractivity contribution in [3.63, 3.8) is 0 Å². The normalized spacial score (nSPS) is 12.4. The summed E-state index contributed by atoms with van der Waals surface area (Å²) < 4.78 is 28.3. The maximum absolute atomic E-state index is 12.0. The van der Waals surface area contributed by atoms with E-state index < -0.39 is 12.7 Å². The minimum Gasteiger partial charge on any atom is -0.435 e. The van der Waals surface area contributed by atoms with E-state index in [2.05, 4.69) is 4.74 Å². The Hall–Kier alpha value is -1.94. The number of halogens is 2. The van der Waals surface area contributed by atoms with Crippen molar-refractivity contribution in [1.29, 1.82) is 0 Å². The van der Waals surface area contributed by atoms with Crippen LogP contribution in [-0.4, -0.2) is 11.7 Å². The van der Waals surface area contributed by atoms with Gasteiger partial charge in [-0.05, 0) is 30.2 Å². The van der Waals surface area contributed by atoms with Crippen LogP contribution in [0.5, 0.6) is 5.75 Å². The van der Waals surface area contributed by atoms with Gasteiger partial charge in [-0.2, -0.15) is 8.78 Å². The predicted molar refractivity (Wildman–Crippen MR) is 72.9 cm³/mol. The molecular formula is C16H16F2O2. The molecule has 1 atom stereocenters. The van der Waals surface area contributed by atoms with Gasteiger partial charge in [0.15, 0.2) is 0 Å². The zero-order valence-corrected chi connectivity index (χ0v) is 11.1. The minimum atomic E-state index is -2.84. The molecule has 1 N–H and O–H groups in total. The van der Waals surface area contributed by atoms with Crippen molar-refractivity contribution in [1.82, 2.24) is 0 Å². The van der Waals surface area contributed by atoms with Crippen LogP contribution in [0.4, 0.5) is 8.78 Å². The van der Waals surface area contributed by atoms with Crippen LogP contribution in [0.2, 0.25) is 0 Å². The molecule has 2 aromatic rings. The Kier molecular flexibility index (Phi) is 4.69. The van der Waals surface area contributed by atoms with Gasteiger partial charge in [0.25, 0.3) is 0 Å². The summed E-state index contributed by atoms with van der Waals surface area (Å²) in [6, 6.07) is 13.9. The zero-order valence-electron chi connectivity index (χ0n) is 11.1. The van der Waals surface area contributed by atoms with E-state index >= 15 is 0 Å². The number of benzene rings is 2. The molecule has 106 valence electrons. The molecule has 4 heteroatoms. The molecule has 0 saturated carbocycles. The quantitative estimate of drug-likeness (QED) is 0.899. The second-order valence-electron chi connectivity index (χ2n) is 4.66. The van der Waals surface area contributed by atoms with Gasteiger partial charge in [0, 0.05) is 6.42 Å². The first kappa shape index (κ1) is 14.5. The third kappa shape index (κ3) is 4.03. The van der Waals surface area contributed by atoms with E-state index in [1.165, 1.54) is 12.1 Å². The monoisotopic (exact) mass is 278 g/mol. The van der Waals surface area contributed by atoms with Gasteiger partial charge in [-0.3, -0.25) is 0 Å². The summed E-state index contributed by atoms with van der Waals surface area (Å²) in [7, 11) is 0. The molecular weight excluding hydrogens is 262 g/mol. The van der Waals surface area contributed by atoms with Crippen LogP contribution in [0, 0.1) is 6.92 Å². The molecule has 2 rings (SSSR count). The van der Waals surface area contributed by atoms with E-state index in [9.17, 15) is 13.9 Å². The lowest BCUT2D eigenvalue weighted by Crippen LogP contribution is -2.04. The molecule has 0 radical (unpaired) electrons. The average Bonchev–Trinajstić information content (AvgIpc) is 2.38. The smallest absolute Gasteiger partial charge is 0.387 e. The van der Waals surface area contributed by atoms with E-state index in [1.54, 1.807) is 12.1 Å². The van der Waals surface area contributed by atoms with Crippen molar-refractivity contribution >= 4 is 0 Å². The van der Waals surface area contributed by atoms with Crippen molar-refractivity contribution in [2.45, 2.75) is 26.1 Å². The zero-order chi connectivity index (χ0) is 14.5. The number of aliphatic hydroxyl groups excluding tert-OH is 1. The van der Waals surface area contributed by atoms with E-state index in [-0.39, 0.29) is 5.75 Å². The minimum absolute atomic E-state index is 0.0894. The average molecular weight is 278 g/mol. The third-order valence-electron chi connectivity index (χ3n) is 3.00. The Labute approximate surface area is 116 Å². The molecule has 2 nitrogen and oxygen atoms in total. The molecule has 0 aliphatic rings. The predicted octanol–water partition coefficient (Wildman–Crippen LogP) is 3.87. The maximum Gasteiger partial charge on any atom is 0.387 e. The van der Waals surface area contributed by atoms with Gasteiger partial charge in [-0.15, -0.1) is 0 Å². The molecule has 0 saturated heterocycles. The molecule has 1 unspecified atom stereocenters. The lowest BCUT2D eigenvalue weighted by atomic mass is 10.0. The van der Waals surface area contributed by atoms with Gasteiger partial charge in [0.05, 0.1) is 6.10 Å². The first-order valence-corrected chi connectivity index (χ1v) is 6.33. The Morgan fingerprint density at radius 1 is 1.10 bits per heavy atom. The number of aliphatic hydroxyl groups is 1. The van der Waals surface area contributed by atoms with E-state index in [0.717, 1.165) is 11.1 Å². The van der Waals surface area contributed by atoms with Crippen molar-refractivity contribution in [2.75, 3.05) is 0 Å². The molecule has 0 aliphatic heterocycles. The van der Waals surface area contributed by atoms with Gasteiger partial charge < -0.3 is 9.84 Å². The molecule has 0 aliphatic carbocycles. The van der Waals surface area contributed by atoms with Gasteiger partial charge in [-0.1, -0.05) is 42.0 Å². The number of alkyl halides is 2. The molecule has 0 heterocycles. The number of rotatable bonds is 5. The Balaban J connectivity index is 2.03. The number of hydrogen-bond donors (Lipinski definition) is 1. The summed E-state index contributed by atoms with van der Waals surface area (Å²) in [5.41, 5.74) is 2.84. The van der Waals surface area contributed by atoms with Gasteiger partial charge in [0.1, 0.15) is 5.75 Å². The second-order valence-corrected chi connectivity index (χ2v) is 4.66. The fourth-order valence-corrected chi connectivity index (χ4v) is 2.05. The summed E-state index contributed by atoms with van der Waals surface area (Å²) in [5, 5.41) is 10.1. The van der Waals surface area contributed by atoms with Crippen LogP contribution >= 0.6 is 0 Å². The first-order chi connectivity index (χ1) is 9.54. The highest BCUT2D eigenvalue weighted by molar-refractivity contribution is 5.30. The summed E-state index contributed by atoms with van der Waals surface area (Å²) in [6.45, 7) is -0.843. The van der Waals surface area contributed by atoms with Crippen LogP contribution in [0.3, 0.4) is 0 Å². The Bertz CT molecular complexity index is 553. The topological polar surface area (TPSA) is 29.5 Å². The molecule has 0 aromatic heterocycles. The standard InChI is InChI=1S/C16H16F2O2/c1-11-3-2-4-12(9-11)10-15(19)13-5-7-14(8-6-13)20-16(17)18/h2-9,15-16,19H,10H2,1H3. The lowest BCUT2D eigenvalue weighted by Gasteiger charge is -2.12. The van der Waals surface area contributed by atoms with Crippen LogP contribution in [0.15, 0.2) is 48.5 Å². The number of hydrogen-bond acceptors (Lipinski definition) is 2. The SMILES string of the molecule is Cc1cccc(CC(O)c2ccc(OC(F)F)cc2)c1. The fourth-order valence-electron chi connectivity index (χ4n) is 2.05. The largest absolute Gasteiger partial charge is 0.435 e. The van der Waals surface area contributed by atoms with E-state index in [0.29, 0.717) is 12.0 Å². The molecule has 20 heavy (non-hydrogen) atoms. The van der Waals surface area contributed by atoms with Crippen LogP contribution in [-0.2, 0) is 6.42 Å². The summed E-state index contributed by atoms with van der Waals surface area (Å²) in [6.07, 6.45) is -0.186. The third-order valence-corrected chi connectivity index (χ3v) is 3.00. The molecule has 0 bridgehead atoms. The van der Waals surface area contributed by atoms with Crippen molar-refractivity contribution < 1.29 is 18.6 Å². The lowest BCUT2D eigenvalue weighted by molar-refractivity contribution is -0.0498. The first-order valence-electron chi connectivity index (χ1n) is 6.33. The highest BCUT2D eigenvalue weighted by atomic mass is 19.3. The van der Waals surface area contributed by atoms with Crippen LogP contribution in [0.25, 0.3) is 0 Å². The Morgan fingerprint density at radius 2 is 1.80 bits per heavy atom. The highest BCUT2D eigenvalue weighted by Crippen LogP contribution is 2.22. The van der Waals surface area contributed by atoms with Crippen molar-refractivity contribution in [3.8, 4) is 5.75 Å². The van der Waals surface area contributed by atoms with Gasteiger partial charge in [-0.25, -0.2) is 0 Å². The van der Waals surface area contributed by atoms with Crippen molar-refractivity contribution in [2.24, 2.45) is 0 Å². The van der Waals surface area contributed by atoms with Gasteiger partial charge in [0.2, 0.25) is 0 Å². The number of aryl methyl sites for hydroxylation is 1. The summed E-state index contributed by atoms with van der Waals surface area (Å²) in [5.74, 6) is 0.0894. The van der Waals surface area contributed by atoms with Crippen LogP contribution in [0.1, 0.15) is 22.8 Å². The van der Waals surface area contributed by atoms with E-state index in [1.807, 2.05) is 31.2 Å². The van der Waals surface area contributed by atoms with Crippen LogP contribution < -0.4 is 4.74 Å². The molecule has 0 fully saturated rings. The van der Waals surface area contributed by atoms with E-state index in [4.69, 9.17) is 0 Å². The summed E-state index contributed by atoms with van der Waals surface area (Å²) in [4.78, 5) is 0.